The Bertz CT molecular complexity index is 408. The van der Waals surface area contributed by atoms with Gasteiger partial charge in [0.25, 0.3) is 0 Å². The van der Waals surface area contributed by atoms with E-state index >= 15 is 0 Å². The fourth-order valence-corrected chi connectivity index (χ4v) is 2.89. The summed E-state index contributed by atoms with van der Waals surface area (Å²) >= 11 is 1.30. The first-order chi connectivity index (χ1) is 8.66. The van der Waals surface area contributed by atoms with Gasteiger partial charge < -0.3 is 11.2 Å². The van der Waals surface area contributed by atoms with Crippen LogP contribution in [0.1, 0.15) is 32.6 Å². The van der Waals surface area contributed by atoms with Gasteiger partial charge in [0.1, 0.15) is 6.33 Å². The highest BCUT2D eigenvalue weighted by Gasteiger charge is 2.22. The van der Waals surface area contributed by atoms with Gasteiger partial charge in [-0.25, -0.2) is 4.68 Å². The number of rotatable bonds is 4. The average Bonchev–Trinajstić information content (AvgIpc) is 2.75. The number of nitrogen functional groups attached to an aromatic ring is 1. The van der Waals surface area contributed by atoms with Crippen molar-refractivity contribution in [3.05, 3.63) is 6.33 Å². The van der Waals surface area contributed by atoms with E-state index in [0.717, 1.165) is 6.42 Å². The summed E-state index contributed by atoms with van der Waals surface area (Å²) in [5.41, 5.74) is 0. The van der Waals surface area contributed by atoms with Crippen LogP contribution < -0.4 is 11.2 Å². The van der Waals surface area contributed by atoms with Crippen LogP contribution in [-0.4, -0.2) is 32.6 Å². The summed E-state index contributed by atoms with van der Waals surface area (Å²) in [6.45, 7) is 2.20. The molecule has 0 bridgehead atoms. The van der Waals surface area contributed by atoms with Crippen molar-refractivity contribution in [2.45, 2.75) is 43.8 Å². The van der Waals surface area contributed by atoms with Crippen LogP contribution in [0.25, 0.3) is 0 Å². The third kappa shape index (κ3) is 3.38. The second-order valence-corrected chi connectivity index (χ2v) is 5.69. The van der Waals surface area contributed by atoms with Crippen molar-refractivity contribution >= 4 is 17.7 Å². The summed E-state index contributed by atoms with van der Waals surface area (Å²) in [6.07, 6.45) is 6.20. The summed E-state index contributed by atoms with van der Waals surface area (Å²) in [5.74, 6) is 6.52. The lowest BCUT2D eigenvalue weighted by Crippen LogP contribution is -2.41. The molecule has 1 saturated carbocycles. The first-order valence-electron chi connectivity index (χ1n) is 6.24. The number of hydrogen-bond acceptors (Lipinski definition) is 5. The minimum absolute atomic E-state index is 0.0433. The molecular weight excluding hydrogens is 250 g/mol. The first kappa shape index (κ1) is 13.2. The van der Waals surface area contributed by atoms with E-state index < -0.39 is 0 Å². The molecule has 1 amide bonds. The molecule has 2 rings (SSSR count). The molecule has 2 atom stereocenters. The molecule has 1 aliphatic rings. The molecule has 6 nitrogen and oxygen atoms in total. The Morgan fingerprint density at radius 1 is 1.61 bits per heavy atom. The largest absolute Gasteiger partial charge is 0.352 e. The van der Waals surface area contributed by atoms with E-state index in [9.17, 15) is 4.79 Å². The topological polar surface area (TPSA) is 85.8 Å². The maximum Gasteiger partial charge on any atom is 0.230 e. The van der Waals surface area contributed by atoms with E-state index in [1.54, 1.807) is 0 Å². The molecule has 0 saturated heterocycles. The molecule has 7 heteroatoms. The zero-order chi connectivity index (χ0) is 13.0. The zero-order valence-electron chi connectivity index (χ0n) is 10.5. The molecule has 3 N–H and O–H groups in total. The molecule has 0 radical (unpaired) electrons. The van der Waals surface area contributed by atoms with Crippen LogP contribution in [0.4, 0.5) is 0 Å². The first-order valence-corrected chi connectivity index (χ1v) is 7.22. The van der Waals surface area contributed by atoms with Crippen LogP contribution in [0.5, 0.6) is 0 Å². The number of nitrogens with zero attached hydrogens (tertiary/aromatic N) is 3. The molecule has 100 valence electrons. The van der Waals surface area contributed by atoms with Gasteiger partial charge in [-0.1, -0.05) is 31.5 Å². The van der Waals surface area contributed by atoms with Crippen LogP contribution in [0.15, 0.2) is 11.5 Å². The lowest BCUT2D eigenvalue weighted by Gasteiger charge is -2.29. The number of carbonyl (C=O) groups excluding carboxylic acids is 1. The number of aromatic nitrogens is 3. The summed E-state index contributed by atoms with van der Waals surface area (Å²) in [7, 11) is 0. The molecule has 1 fully saturated rings. The minimum atomic E-state index is 0.0433. The maximum atomic E-state index is 11.8. The number of nitrogens with one attached hydrogen (secondary N) is 1. The smallest absolute Gasteiger partial charge is 0.230 e. The van der Waals surface area contributed by atoms with Gasteiger partial charge in [0.15, 0.2) is 0 Å². The van der Waals surface area contributed by atoms with Crippen LogP contribution in [0.3, 0.4) is 0 Å². The molecule has 0 aliphatic heterocycles. The van der Waals surface area contributed by atoms with Crippen LogP contribution in [0.2, 0.25) is 0 Å². The molecule has 1 aliphatic carbocycles. The van der Waals surface area contributed by atoms with Gasteiger partial charge in [0, 0.05) is 6.04 Å². The molecule has 1 heterocycles. The third-order valence-corrected chi connectivity index (χ3v) is 4.29. The van der Waals surface area contributed by atoms with Gasteiger partial charge in [0.2, 0.25) is 11.1 Å². The van der Waals surface area contributed by atoms with E-state index in [1.807, 2.05) is 0 Å². The van der Waals surface area contributed by atoms with Gasteiger partial charge in [0.05, 0.1) is 5.75 Å². The summed E-state index contributed by atoms with van der Waals surface area (Å²) in [5, 5.41) is 11.1. The zero-order valence-corrected chi connectivity index (χ0v) is 11.3. The average molecular weight is 269 g/mol. The Labute approximate surface area is 111 Å². The molecular formula is C11H19N5OS. The standard InChI is InChI=1S/C11H19N5OS/c1-8-4-2-3-5-9(8)14-10(17)6-18-11-15-13-7-16(11)12/h7-9H,2-6,12H2,1H3,(H,14,17)/t8-,9+/m1/s1. The number of amides is 1. The molecule has 0 spiro atoms. The Morgan fingerprint density at radius 2 is 2.39 bits per heavy atom. The van der Waals surface area contributed by atoms with Crippen molar-refractivity contribution in [3.63, 3.8) is 0 Å². The molecule has 18 heavy (non-hydrogen) atoms. The van der Waals surface area contributed by atoms with Crippen molar-refractivity contribution in [1.82, 2.24) is 20.2 Å². The van der Waals surface area contributed by atoms with Crippen LogP contribution >= 0.6 is 11.8 Å². The van der Waals surface area contributed by atoms with Gasteiger partial charge in [-0.3, -0.25) is 4.79 Å². The predicted molar refractivity (Wildman–Crippen MR) is 70.5 cm³/mol. The van der Waals surface area contributed by atoms with Crippen molar-refractivity contribution < 1.29 is 4.79 Å². The molecule has 1 aromatic rings. The summed E-state index contributed by atoms with van der Waals surface area (Å²) in [4.78, 5) is 11.8. The fourth-order valence-electron chi connectivity index (χ4n) is 2.24. The fraction of sp³-hybridized carbons (Fsp3) is 0.727. The quantitative estimate of drug-likeness (QED) is 0.623. The lowest BCUT2D eigenvalue weighted by molar-refractivity contribution is -0.119. The van der Waals surface area contributed by atoms with Crippen LogP contribution in [0, 0.1) is 5.92 Å². The number of thioether (sulfide) groups is 1. The highest BCUT2D eigenvalue weighted by molar-refractivity contribution is 7.99. The Hall–Kier alpha value is -1.24. The van der Waals surface area contributed by atoms with E-state index in [-0.39, 0.29) is 5.91 Å². The Morgan fingerprint density at radius 3 is 3.06 bits per heavy atom. The van der Waals surface area contributed by atoms with Crippen molar-refractivity contribution in [3.8, 4) is 0 Å². The molecule has 1 aromatic heterocycles. The van der Waals surface area contributed by atoms with Crippen molar-refractivity contribution in [2.75, 3.05) is 11.6 Å². The van der Waals surface area contributed by atoms with Crippen molar-refractivity contribution in [1.29, 1.82) is 0 Å². The third-order valence-electron chi connectivity index (χ3n) is 3.33. The molecule has 0 aromatic carbocycles. The normalized spacial score (nSPS) is 23.8. The van der Waals surface area contributed by atoms with E-state index in [1.165, 1.54) is 42.0 Å². The highest BCUT2D eigenvalue weighted by Crippen LogP contribution is 2.23. The van der Waals surface area contributed by atoms with E-state index in [0.29, 0.717) is 22.9 Å². The SMILES string of the molecule is C[C@@H]1CCCC[C@@H]1NC(=O)CSc1nncn1N. The Kier molecular flexibility index (Phi) is 4.46. The summed E-state index contributed by atoms with van der Waals surface area (Å²) < 4.78 is 1.32. The lowest BCUT2D eigenvalue weighted by atomic mass is 9.86. The second-order valence-electron chi connectivity index (χ2n) is 4.75. The maximum absolute atomic E-state index is 11.8. The molecule has 0 unspecified atom stereocenters. The Balaban J connectivity index is 1.76. The van der Waals surface area contributed by atoms with Gasteiger partial charge in [-0.2, -0.15) is 0 Å². The highest BCUT2D eigenvalue weighted by atomic mass is 32.2. The van der Waals surface area contributed by atoms with Crippen LogP contribution in [-0.2, 0) is 4.79 Å². The predicted octanol–water partition coefficient (Wildman–Crippen LogP) is 0.779. The van der Waals surface area contributed by atoms with Crippen molar-refractivity contribution in [2.24, 2.45) is 5.92 Å². The van der Waals surface area contributed by atoms with E-state index in [2.05, 4.69) is 22.4 Å². The second kappa shape index (κ2) is 6.08. The number of nitrogens with two attached hydrogens (primary N) is 1. The van der Waals surface area contributed by atoms with E-state index in [4.69, 9.17) is 5.84 Å². The monoisotopic (exact) mass is 269 g/mol. The van der Waals surface area contributed by atoms with Gasteiger partial charge >= 0.3 is 0 Å². The van der Waals surface area contributed by atoms with Gasteiger partial charge in [-0.15, -0.1) is 10.2 Å². The summed E-state index contributed by atoms with van der Waals surface area (Å²) in [6, 6.07) is 0.322. The van der Waals surface area contributed by atoms with Gasteiger partial charge in [-0.05, 0) is 18.8 Å². The minimum Gasteiger partial charge on any atom is -0.352 e. The number of carbonyl (C=O) groups is 1. The number of hydrogen-bond donors (Lipinski definition) is 2.